The van der Waals surface area contributed by atoms with Crippen molar-refractivity contribution in [1.82, 2.24) is 0 Å². The Hall–Kier alpha value is -2.95. The van der Waals surface area contributed by atoms with Gasteiger partial charge in [-0.05, 0) is 38.1 Å². The van der Waals surface area contributed by atoms with Crippen molar-refractivity contribution in [3.63, 3.8) is 0 Å². The number of ether oxygens (including phenoxy) is 1. The standard InChI is InChI=1S/C19H19N3O2/c1-3-24-17-11-7-8-15(12-17)20-13-18-14(2)21-22(19(18)23)16-9-5-4-6-10-16/h4-13,18H,3H2,1-2H3/t18-/m0/s1. The Morgan fingerprint density at radius 2 is 2.00 bits per heavy atom. The molecule has 2 aromatic carbocycles. The largest absolute Gasteiger partial charge is 0.494 e. The van der Waals surface area contributed by atoms with Gasteiger partial charge in [0.15, 0.2) is 0 Å². The van der Waals surface area contributed by atoms with Crippen LogP contribution in [0.5, 0.6) is 5.75 Å². The first-order chi connectivity index (χ1) is 11.7. The highest BCUT2D eigenvalue weighted by atomic mass is 16.5. The molecule has 2 aromatic rings. The van der Waals surface area contributed by atoms with Gasteiger partial charge in [-0.15, -0.1) is 0 Å². The maximum absolute atomic E-state index is 12.6. The molecule has 1 amide bonds. The van der Waals surface area contributed by atoms with Crippen molar-refractivity contribution in [2.75, 3.05) is 11.6 Å². The summed E-state index contributed by atoms with van der Waals surface area (Å²) in [6.07, 6.45) is 1.65. The fraction of sp³-hybridized carbons (Fsp3) is 0.211. The van der Waals surface area contributed by atoms with E-state index in [-0.39, 0.29) is 5.91 Å². The van der Waals surface area contributed by atoms with Gasteiger partial charge in [0.05, 0.1) is 23.7 Å². The number of hydrogen-bond donors (Lipinski definition) is 0. The molecule has 0 unspecified atom stereocenters. The van der Waals surface area contributed by atoms with Gasteiger partial charge in [0.1, 0.15) is 11.7 Å². The van der Waals surface area contributed by atoms with E-state index in [4.69, 9.17) is 4.74 Å². The summed E-state index contributed by atoms with van der Waals surface area (Å²) in [5.74, 6) is 0.227. The van der Waals surface area contributed by atoms with E-state index in [1.54, 1.807) is 6.21 Å². The molecule has 1 aliphatic rings. The molecule has 5 nitrogen and oxygen atoms in total. The molecule has 5 heteroatoms. The third-order valence-electron chi connectivity index (χ3n) is 3.68. The van der Waals surface area contributed by atoms with Crippen LogP contribution in [-0.4, -0.2) is 24.4 Å². The Morgan fingerprint density at radius 3 is 2.75 bits per heavy atom. The fourth-order valence-electron chi connectivity index (χ4n) is 2.49. The lowest BCUT2D eigenvalue weighted by atomic mass is 10.1. The number of nitrogens with zero attached hydrogens (tertiary/aromatic N) is 3. The van der Waals surface area contributed by atoms with Gasteiger partial charge in [-0.1, -0.05) is 24.3 Å². The smallest absolute Gasteiger partial charge is 0.261 e. The predicted octanol–water partition coefficient (Wildman–Crippen LogP) is 3.83. The molecular weight excluding hydrogens is 302 g/mol. The highest BCUT2D eigenvalue weighted by Crippen LogP contribution is 2.24. The van der Waals surface area contributed by atoms with Gasteiger partial charge in [0.2, 0.25) is 0 Å². The van der Waals surface area contributed by atoms with Crippen molar-refractivity contribution in [1.29, 1.82) is 0 Å². The van der Waals surface area contributed by atoms with Gasteiger partial charge in [-0.2, -0.15) is 10.1 Å². The number of aliphatic imine (C=N–C) groups is 1. The predicted molar refractivity (Wildman–Crippen MR) is 96.3 cm³/mol. The van der Waals surface area contributed by atoms with E-state index in [9.17, 15) is 4.79 Å². The summed E-state index contributed by atoms with van der Waals surface area (Å²) in [4.78, 5) is 17.0. The lowest BCUT2D eigenvalue weighted by molar-refractivity contribution is -0.118. The number of amides is 1. The van der Waals surface area contributed by atoms with E-state index >= 15 is 0 Å². The van der Waals surface area contributed by atoms with Gasteiger partial charge in [0.25, 0.3) is 5.91 Å². The second kappa shape index (κ2) is 7.08. The van der Waals surface area contributed by atoms with Crippen molar-refractivity contribution in [3.05, 3.63) is 54.6 Å². The normalized spacial score (nSPS) is 17.4. The van der Waals surface area contributed by atoms with Crippen LogP contribution in [0.1, 0.15) is 13.8 Å². The van der Waals surface area contributed by atoms with E-state index in [2.05, 4.69) is 10.1 Å². The van der Waals surface area contributed by atoms with Crippen LogP contribution in [0.25, 0.3) is 0 Å². The number of benzene rings is 2. The molecule has 0 saturated heterocycles. The second-order valence-corrected chi connectivity index (χ2v) is 5.41. The Bertz CT molecular complexity index is 784. The van der Waals surface area contributed by atoms with Crippen molar-refractivity contribution in [2.24, 2.45) is 16.0 Å². The number of anilines is 1. The lowest BCUT2D eigenvalue weighted by Crippen LogP contribution is -2.27. The summed E-state index contributed by atoms with van der Waals surface area (Å²) in [7, 11) is 0. The van der Waals surface area contributed by atoms with E-state index in [1.807, 2.05) is 68.4 Å². The number of carbonyl (C=O) groups excluding carboxylic acids is 1. The molecule has 0 radical (unpaired) electrons. The second-order valence-electron chi connectivity index (χ2n) is 5.41. The Kier molecular flexibility index (Phi) is 4.70. The van der Waals surface area contributed by atoms with Gasteiger partial charge in [-0.3, -0.25) is 9.79 Å². The van der Waals surface area contributed by atoms with E-state index < -0.39 is 5.92 Å². The fourth-order valence-corrected chi connectivity index (χ4v) is 2.49. The summed E-state index contributed by atoms with van der Waals surface area (Å²) in [6, 6.07) is 16.9. The molecule has 122 valence electrons. The first kappa shape index (κ1) is 15.9. The molecule has 1 atom stereocenters. The molecule has 0 spiro atoms. The summed E-state index contributed by atoms with van der Waals surface area (Å²) in [6.45, 7) is 4.38. The molecule has 0 bridgehead atoms. The van der Waals surface area contributed by atoms with Crippen molar-refractivity contribution in [3.8, 4) is 5.75 Å². The average Bonchev–Trinajstić information content (AvgIpc) is 2.89. The zero-order valence-electron chi connectivity index (χ0n) is 13.7. The van der Waals surface area contributed by atoms with E-state index in [0.717, 1.165) is 22.8 Å². The summed E-state index contributed by atoms with van der Waals surface area (Å²) < 4.78 is 5.46. The molecule has 0 aliphatic carbocycles. The molecule has 1 aliphatic heterocycles. The minimum atomic E-state index is -0.444. The minimum Gasteiger partial charge on any atom is -0.494 e. The maximum Gasteiger partial charge on any atom is 0.261 e. The molecule has 1 heterocycles. The van der Waals surface area contributed by atoms with E-state index in [1.165, 1.54) is 5.01 Å². The Balaban J connectivity index is 1.77. The summed E-state index contributed by atoms with van der Waals surface area (Å²) in [5, 5.41) is 5.80. The van der Waals surface area contributed by atoms with E-state index in [0.29, 0.717) is 6.61 Å². The summed E-state index contributed by atoms with van der Waals surface area (Å²) >= 11 is 0. The molecule has 0 fully saturated rings. The Morgan fingerprint density at radius 1 is 1.21 bits per heavy atom. The number of para-hydroxylation sites is 1. The average molecular weight is 321 g/mol. The third-order valence-corrected chi connectivity index (χ3v) is 3.68. The summed E-state index contributed by atoms with van der Waals surface area (Å²) in [5.41, 5.74) is 2.24. The highest BCUT2D eigenvalue weighted by molar-refractivity contribution is 6.23. The van der Waals surface area contributed by atoms with Crippen LogP contribution in [-0.2, 0) is 4.79 Å². The van der Waals surface area contributed by atoms with Crippen LogP contribution in [0.2, 0.25) is 0 Å². The van der Waals surface area contributed by atoms with Crippen LogP contribution in [0.4, 0.5) is 11.4 Å². The third kappa shape index (κ3) is 3.35. The monoisotopic (exact) mass is 321 g/mol. The van der Waals surface area contributed by atoms with Crippen LogP contribution in [0.3, 0.4) is 0 Å². The SMILES string of the molecule is CCOc1cccc(N=C[C@@H]2C(=O)N(c3ccccc3)N=C2C)c1. The zero-order valence-corrected chi connectivity index (χ0v) is 13.7. The quantitative estimate of drug-likeness (QED) is 0.786. The van der Waals surface area contributed by atoms with Gasteiger partial charge in [0, 0.05) is 12.3 Å². The van der Waals surface area contributed by atoms with Gasteiger partial charge >= 0.3 is 0 Å². The molecular formula is C19H19N3O2. The first-order valence-corrected chi connectivity index (χ1v) is 7.90. The van der Waals surface area contributed by atoms with Crippen molar-refractivity contribution in [2.45, 2.75) is 13.8 Å². The van der Waals surface area contributed by atoms with Crippen LogP contribution >= 0.6 is 0 Å². The van der Waals surface area contributed by atoms with Crippen molar-refractivity contribution >= 4 is 29.2 Å². The Labute approximate surface area is 141 Å². The van der Waals surface area contributed by atoms with Crippen LogP contribution < -0.4 is 9.75 Å². The lowest BCUT2D eigenvalue weighted by Gasteiger charge is -2.12. The maximum atomic E-state index is 12.6. The van der Waals surface area contributed by atoms with Gasteiger partial charge in [-0.25, -0.2) is 0 Å². The molecule has 0 aromatic heterocycles. The molecule has 24 heavy (non-hydrogen) atoms. The molecule has 0 N–H and O–H groups in total. The van der Waals surface area contributed by atoms with Gasteiger partial charge < -0.3 is 4.74 Å². The highest BCUT2D eigenvalue weighted by Gasteiger charge is 2.33. The first-order valence-electron chi connectivity index (χ1n) is 7.90. The van der Waals surface area contributed by atoms with Crippen molar-refractivity contribution < 1.29 is 9.53 Å². The molecule has 0 saturated carbocycles. The van der Waals surface area contributed by atoms with Crippen LogP contribution in [0, 0.1) is 5.92 Å². The molecule has 3 rings (SSSR count). The zero-order chi connectivity index (χ0) is 16.9. The van der Waals surface area contributed by atoms with Crippen LogP contribution in [0.15, 0.2) is 64.7 Å². The minimum absolute atomic E-state index is 0.0941. The number of hydrogen-bond acceptors (Lipinski definition) is 4. The number of rotatable bonds is 5. The topological polar surface area (TPSA) is 54.3 Å². The number of carbonyl (C=O) groups is 1. The number of hydrazone groups is 1.